The van der Waals surface area contributed by atoms with Gasteiger partial charge >= 0.3 is 0 Å². The van der Waals surface area contributed by atoms with E-state index in [-0.39, 0.29) is 0 Å². The molecule has 0 aromatic heterocycles. The van der Waals surface area contributed by atoms with E-state index in [1.165, 1.54) is 5.56 Å². The fraction of sp³-hybridized carbons (Fsp3) is 0.200. The highest BCUT2D eigenvalue weighted by molar-refractivity contribution is 9.10. The molecule has 1 aliphatic heterocycles. The fourth-order valence-corrected chi connectivity index (χ4v) is 2.66. The lowest BCUT2D eigenvalue weighted by atomic mass is 10.1. The van der Waals surface area contributed by atoms with Crippen molar-refractivity contribution in [1.82, 2.24) is 5.32 Å². The summed E-state index contributed by atoms with van der Waals surface area (Å²) in [4.78, 5) is 0. The van der Waals surface area contributed by atoms with Crippen molar-refractivity contribution < 1.29 is 9.47 Å². The second kappa shape index (κ2) is 6.04. The first-order chi connectivity index (χ1) is 9.74. The quantitative estimate of drug-likeness (QED) is 0.896. The van der Waals surface area contributed by atoms with E-state index in [0.717, 1.165) is 39.6 Å². The van der Waals surface area contributed by atoms with Crippen LogP contribution in [0.3, 0.4) is 0 Å². The molecule has 104 valence electrons. The van der Waals surface area contributed by atoms with Crippen LogP contribution in [0.25, 0.3) is 0 Å². The standard InChI is InChI=1S/C15H13BrClNO2/c16-12-6-10(4-5-13(12)17)7-18-8-11-2-1-3-14-15(11)20-9-19-14/h1-6,18H,7-9H2. The minimum Gasteiger partial charge on any atom is -0.454 e. The maximum atomic E-state index is 5.98. The van der Waals surface area contributed by atoms with Gasteiger partial charge in [0.2, 0.25) is 6.79 Å². The Kier molecular flexibility index (Phi) is 4.15. The van der Waals surface area contributed by atoms with Crippen molar-refractivity contribution in [2.24, 2.45) is 0 Å². The molecule has 0 atom stereocenters. The molecule has 2 aromatic rings. The van der Waals surface area contributed by atoms with Crippen LogP contribution in [0.4, 0.5) is 0 Å². The number of para-hydroxylation sites is 1. The number of nitrogens with one attached hydrogen (secondary N) is 1. The predicted molar refractivity (Wildman–Crippen MR) is 82.3 cm³/mol. The maximum absolute atomic E-state index is 5.98. The van der Waals surface area contributed by atoms with Gasteiger partial charge in [0.15, 0.2) is 11.5 Å². The van der Waals surface area contributed by atoms with Crippen molar-refractivity contribution in [2.75, 3.05) is 6.79 Å². The first-order valence-corrected chi connectivity index (χ1v) is 7.43. The monoisotopic (exact) mass is 353 g/mol. The first-order valence-electron chi connectivity index (χ1n) is 6.26. The van der Waals surface area contributed by atoms with Gasteiger partial charge in [0.25, 0.3) is 0 Å². The summed E-state index contributed by atoms with van der Waals surface area (Å²) < 4.78 is 11.8. The van der Waals surface area contributed by atoms with Crippen LogP contribution >= 0.6 is 27.5 Å². The minimum atomic E-state index is 0.302. The summed E-state index contributed by atoms with van der Waals surface area (Å²) in [6.07, 6.45) is 0. The Morgan fingerprint density at radius 2 is 2.05 bits per heavy atom. The normalized spacial score (nSPS) is 12.7. The molecule has 3 rings (SSSR count). The Morgan fingerprint density at radius 3 is 2.90 bits per heavy atom. The van der Waals surface area contributed by atoms with E-state index in [1.807, 2.05) is 36.4 Å². The van der Waals surface area contributed by atoms with Crippen molar-refractivity contribution in [3.63, 3.8) is 0 Å². The highest BCUT2D eigenvalue weighted by Crippen LogP contribution is 2.35. The van der Waals surface area contributed by atoms with E-state index in [4.69, 9.17) is 21.1 Å². The molecule has 0 amide bonds. The molecule has 2 aromatic carbocycles. The lowest BCUT2D eigenvalue weighted by Gasteiger charge is -2.08. The lowest BCUT2D eigenvalue weighted by Crippen LogP contribution is -2.13. The fourth-order valence-electron chi connectivity index (χ4n) is 2.12. The highest BCUT2D eigenvalue weighted by Gasteiger charge is 2.16. The third-order valence-corrected chi connectivity index (χ3v) is 4.32. The predicted octanol–water partition coefficient (Wildman–Crippen LogP) is 4.12. The summed E-state index contributed by atoms with van der Waals surface area (Å²) in [6, 6.07) is 11.9. The molecule has 3 nitrogen and oxygen atoms in total. The number of rotatable bonds is 4. The molecular weight excluding hydrogens is 342 g/mol. The second-order valence-electron chi connectivity index (χ2n) is 4.50. The molecule has 20 heavy (non-hydrogen) atoms. The van der Waals surface area contributed by atoms with Crippen LogP contribution < -0.4 is 14.8 Å². The summed E-state index contributed by atoms with van der Waals surface area (Å²) in [7, 11) is 0. The highest BCUT2D eigenvalue weighted by atomic mass is 79.9. The smallest absolute Gasteiger partial charge is 0.231 e. The number of hydrogen-bond donors (Lipinski definition) is 1. The van der Waals surface area contributed by atoms with E-state index in [9.17, 15) is 0 Å². The third-order valence-electron chi connectivity index (χ3n) is 3.11. The van der Waals surface area contributed by atoms with Gasteiger partial charge in [-0.1, -0.05) is 29.8 Å². The van der Waals surface area contributed by atoms with Gasteiger partial charge < -0.3 is 14.8 Å². The maximum Gasteiger partial charge on any atom is 0.231 e. The van der Waals surface area contributed by atoms with Gasteiger partial charge in [-0.2, -0.15) is 0 Å². The Bertz CT molecular complexity index is 633. The molecule has 5 heteroatoms. The minimum absolute atomic E-state index is 0.302. The van der Waals surface area contributed by atoms with Gasteiger partial charge in [-0.05, 0) is 39.7 Å². The molecule has 0 unspecified atom stereocenters. The average molecular weight is 355 g/mol. The van der Waals surface area contributed by atoms with Crippen molar-refractivity contribution >= 4 is 27.5 Å². The van der Waals surface area contributed by atoms with Gasteiger partial charge in [-0.15, -0.1) is 0 Å². The van der Waals surface area contributed by atoms with Crippen LogP contribution in [0, 0.1) is 0 Å². The number of halogens is 2. The molecule has 0 saturated carbocycles. The summed E-state index contributed by atoms with van der Waals surface area (Å²) in [6.45, 7) is 1.80. The van der Waals surface area contributed by atoms with E-state index in [0.29, 0.717) is 6.79 Å². The number of hydrogen-bond acceptors (Lipinski definition) is 3. The lowest BCUT2D eigenvalue weighted by molar-refractivity contribution is 0.173. The van der Waals surface area contributed by atoms with Gasteiger partial charge in [-0.25, -0.2) is 0 Å². The SMILES string of the molecule is Clc1ccc(CNCc2cccc3c2OCO3)cc1Br. The van der Waals surface area contributed by atoms with Crippen molar-refractivity contribution in [1.29, 1.82) is 0 Å². The Labute approximate surface area is 131 Å². The van der Waals surface area contributed by atoms with Crippen molar-refractivity contribution in [2.45, 2.75) is 13.1 Å². The largest absolute Gasteiger partial charge is 0.454 e. The molecule has 1 aliphatic rings. The van der Waals surface area contributed by atoms with Crippen LogP contribution in [0.15, 0.2) is 40.9 Å². The summed E-state index contributed by atoms with van der Waals surface area (Å²) in [5.41, 5.74) is 2.28. The van der Waals surface area contributed by atoms with Gasteiger partial charge in [0, 0.05) is 23.1 Å². The van der Waals surface area contributed by atoms with Gasteiger partial charge in [0.05, 0.1) is 5.02 Å². The molecule has 0 aliphatic carbocycles. The number of fused-ring (bicyclic) bond motifs is 1. The summed E-state index contributed by atoms with van der Waals surface area (Å²) in [5.74, 6) is 1.66. The van der Waals surface area contributed by atoms with Crippen molar-refractivity contribution in [3.8, 4) is 11.5 Å². The van der Waals surface area contributed by atoms with E-state index < -0.39 is 0 Å². The zero-order valence-corrected chi connectivity index (χ0v) is 13.0. The second-order valence-corrected chi connectivity index (χ2v) is 5.76. The Balaban J connectivity index is 1.63. The molecule has 0 spiro atoms. The molecule has 0 saturated heterocycles. The molecule has 0 fully saturated rings. The topological polar surface area (TPSA) is 30.5 Å². The van der Waals surface area contributed by atoms with Gasteiger partial charge in [-0.3, -0.25) is 0 Å². The number of ether oxygens (including phenoxy) is 2. The van der Waals surface area contributed by atoms with E-state index in [2.05, 4.69) is 21.2 Å². The third kappa shape index (κ3) is 2.92. The Hall–Kier alpha value is -1.23. The molecule has 0 bridgehead atoms. The van der Waals surface area contributed by atoms with Crippen LogP contribution in [0.1, 0.15) is 11.1 Å². The van der Waals surface area contributed by atoms with Crippen LogP contribution in [0.5, 0.6) is 11.5 Å². The molecule has 1 heterocycles. The number of benzene rings is 2. The molecule has 0 radical (unpaired) electrons. The summed E-state index contributed by atoms with van der Waals surface area (Å²) in [5, 5.41) is 4.12. The average Bonchev–Trinajstić information content (AvgIpc) is 2.92. The van der Waals surface area contributed by atoms with Crippen LogP contribution in [-0.2, 0) is 13.1 Å². The Morgan fingerprint density at radius 1 is 1.15 bits per heavy atom. The zero-order valence-electron chi connectivity index (χ0n) is 10.7. The van der Waals surface area contributed by atoms with Crippen molar-refractivity contribution in [3.05, 3.63) is 57.0 Å². The van der Waals surface area contributed by atoms with Crippen LogP contribution in [-0.4, -0.2) is 6.79 Å². The van der Waals surface area contributed by atoms with E-state index in [1.54, 1.807) is 0 Å². The molecule has 1 N–H and O–H groups in total. The zero-order chi connectivity index (χ0) is 13.9. The van der Waals surface area contributed by atoms with Crippen LogP contribution in [0.2, 0.25) is 5.02 Å². The summed E-state index contributed by atoms with van der Waals surface area (Å²) >= 11 is 9.40. The first kappa shape index (κ1) is 13.7. The van der Waals surface area contributed by atoms with Gasteiger partial charge in [0.1, 0.15) is 0 Å². The molecular formula is C15H13BrClNO2. The van der Waals surface area contributed by atoms with E-state index >= 15 is 0 Å².